The molecule has 4 rings (SSSR count). The van der Waals surface area contributed by atoms with Crippen LogP contribution in [0, 0.1) is 0 Å². The third-order valence-corrected chi connectivity index (χ3v) is 6.14. The molecule has 6 nitrogen and oxygen atoms in total. The normalized spacial score (nSPS) is 16.6. The van der Waals surface area contributed by atoms with Crippen LogP contribution >= 0.6 is 0 Å². The maximum Gasteiger partial charge on any atom is 0.255 e. The summed E-state index contributed by atoms with van der Waals surface area (Å²) in [7, 11) is 1.59. The third-order valence-electron chi connectivity index (χ3n) is 6.14. The standard InChI is InChI=1S/C23H29N3O3/c1-24-22(27)20-11-4-7-17-15-26(23(28)21(17)20)13-6-12-25(18-8-2-3-9-18)16-19-10-5-14-29-19/h4-5,7,10-11,14,18H,2-3,6,8-9,12-13,15-16H2,1H3,(H,24,27). The molecule has 2 aromatic rings. The van der Waals surface area contributed by atoms with Crippen LogP contribution in [0.1, 0.15) is 64.1 Å². The first kappa shape index (κ1) is 19.7. The van der Waals surface area contributed by atoms with E-state index in [2.05, 4.69) is 10.2 Å². The fourth-order valence-corrected chi connectivity index (χ4v) is 4.65. The topological polar surface area (TPSA) is 65.8 Å². The van der Waals surface area contributed by atoms with Gasteiger partial charge in [-0.15, -0.1) is 0 Å². The van der Waals surface area contributed by atoms with Gasteiger partial charge >= 0.3 is 0 Å². The summed E-state index contributed by atoms with van der Waals surface area (Å²) < 4.78 is 5.56. The lowest BCUT2D eigenvalue weighted by Crippen LogP contribution is -2.36. The van der Waals surface area contributed by atoms with Crippen LogP contribution in [-0.4, -0.2) is 47.8 Å². The van der Waals surface area contributed by atoms with Gasteiger partial charge in [0.25, 0.3) is 11.8 Å². The number of furan rings is 1. The van der Waals surface area contributed by atoms with E-state index in [-0.39, 0.29) is 11.8 Å². The number of rotatable bonds is 8. The van der Waals surface area contributed by atoms with E-state index in [1.807, 2.05) is 29.2 Å². The molecule has 6 heteroatoms. The molecular weight excluding hydrogens is 366 g/mol. The largest absolute Gasteiger partial charge is 0.468 e. The maximum atomic E-state index is 12.9. The second-order valence-corrected chi connectivity index (χ2v) is 7.99. The fraction of sp³-hybridized carbons (Fsp3) is 0.478. The van der Waals surface area contributed by atoms with E-state index in [1.165, 1.54) is 25.7 Å². The lowest BCUT2D eigenvalue weighted by atomic mass is 10.0. The molecule has 0 radical (unpaired) electrons. The van der Waals surface area contributed by atoms with Gasteiger partial charge in [0.2, 0.25) is 0 Å². The van der Waals surface area contributed by atoms with E-state index in [9.17, 15) is 9.59 Å². The van der Waals surface area contributed by atoms with Gasteiger partial charge in [0.1, 0.15) is 5.76 Å². The molecule has 1 fully saturated rings. The number of nitrogens with one attached hydrogen (secondary N) is 1. The molecule has 0 spiro atoms. The first-order chi connectivity index (χ1) is 14.2. The Morgan fingerprint density at radius 1 is 1.24 bits per heavy atom. The number of hydrogen-bond donors (Lipinski definition) is 1. The molecule has 1 saturated carbocycles. The van der Waals surface area contributed by atoms with Crippen molar-refractivity contribution >= 4 is 11.8 Å². The Morgan fingerprint density at radius 3 is 2.79 bits per heavy atom. The molecule has 0 saturated heterocycles. The summed E-state index contributed by atoms with van der Waals surface area (Å²) in [5, 5.41) is 2.63. The summed E-state index contributed by atoms with van der Waals surface area (Å²) >= 11 is 0. The number of hydrogen-bond acceptors (Lipinski definition) is 4. The SMILES string of the molecule is CNC(=O)c1cccc2c1C(=O)N(CCCN(Cc1ccco1)C1CCCC1)C2. The predicted molar refractivity (Wildman–Crippen MR) is 111 cm³/mol. The Labute approximate surface area is 171 Å². The summed E-state index contributed by atoms with van der Waals surface area (Å²) in [4.78, 5) is 29.5. The second kappa shape index (κ2) is 8.82. The molecule has 2 aliphatic rings. The minimum atomic E-state index is -0.206. The zero-order chi connectivity index (χ0) is 20.2. The highest BCUT2D eigenvalue weighted by Crippen LogP contribution is 2.28. The molecule has 1 aromatic heterocycles. The number of fused-ring (bicyclic) bond motifs is 1. The summed E-state index contributed by atoms with van der Waals surface area (Å²) in [6.45, 7) is 3.04. The molecular formula is C23H29N3O3. The van der Waals surface area contributed by atoms with Crippen LogP contribution in [0.4, 0.5) is 0 Å². The highest BCUT2D eigenvalue weighted by atomic mass is 16.3. The molecule has 1 aliphatic heterocycles. The zero-order valence-corrected chi connectivity index (χ0v) is 17.0. The van der Waals surface area contributed by atoms with Gasteiger partial charge in [-0.05, 0) is 43.0 Å². The molecule has 1 N–H and O–H groups in total. The minimum Gasteiger partial charge on any atom is -0.468 e. The van der Waals surface area contributed by atoms with E-state index in [0.717, 1.165) is 30.8 Å². The number of amides is 2. The van der Waals surface area contributed by atoms with E-state index < -0.39 is 0 Å². The van der Waals surface area contributed by atoms with Crippen molar-refractivity contribution in [1.82, 2.24) is 15.1 Å². The Hall–Kier alpha value is -2.60. The zero-order valence-electron chi connectivity index (χ0n) is 17.0. The van der Waals surface area contributed by atoms with Crippen LogP contribution in [0.15, 0.2) is 41.0 Å². The Balaban J connectivity index is 1.38. The van der Waals surface area contributed by atoms with E-state index in [1.54, 1.807) is 19.4 Å². The first-order valence-corrected chi connectivity index (χ1v) is 10.6. The Bertz CT molecular complexity index is 856. The summed E-state index contributed by atoms with van der Waals surface area (Å²) in [6, 6.07) is 10.1. The van der Waals surface area contributed by atoms with Crippen LogP contribution in [0.3, 0.4) is 0 Å². The van der Waals surface area contributed by atoms with Gasteiger partial charge in [0.15, 0.2) is 0 Å². The quantitative estimate of drug-likeness (QED) is 0.744. The van der Waals surface area contributed by atoms with Gasteiger partial charge in [-0.1, -0.05) is 25.0 Å². The molecule has 2 amide bonds. The number of nitrogens with zero attached hydrogens (tertiary/aromatic N) is 2. The van der Waals surface area contributed by atoms with Crippen molar-refractivity contribution in [2.24, 2.45) is 0 Å². The molecule has 154 valence electrons. The highest BCUT2D eigenvalue weighted by Gasteiger charge is 2.31. The molecule has 2 heterocycles. The van der Waals surface area contributed by atoms with Crippen LogP contribution in [0.2, 0.25) is 0 Å². The fourth-order valence-electron chi connectivity index (χ4n) is 4.65. The van der Waals surface area contributed by atoms with Crippen molar-refractivity contribution in [1.29, 1.82) is 0 Å². The first-order valence-electron chi connectivity index (χ1n) is 10.6. The molecule has 0 bridgehead atoms. The number of carbonyl (C=O) groups excluding carboxylic acids is 2. The van der Waals surface area contributed by atoms with Crippen molar-refractivity contribution in [3.05, 3.63) is 59.0 Å². The lowest BCUT2D eigenvalue weighted by molar-refractivity contribution is 0.0759. The van der Waals surface area contributed by atoms with Crippen LogP contribution < -0.4 is 5.32 Å². The second-order valence-electron chi connectivity index (χ2n) is 7.99. The monoisotopic (exact) mass is 395 g/mol. The highest BCUT2D eigenvalue weighted by molar-refractivity contribution is 6.09. The van der Waals surface area contributed by atoms with Crippen molar-refractivity contribution in [3.63, 3.8) is 0 Å². The van der Waals surface area contributed by atoms with Gasteiger partial charge in [-0.25, -0.2) is 0 Å². The Kier molecular flexibility index (Phi) is 6.00. The maximum absolute atomic E-state index is 12.9. The van der Waals surface area contributed by atoms with Gasteiger partial charge in [-0.2, -0.15) is 0 Å². The molecule has 29 heavy (non-hydrogen) atoms. The van der Waals surface area contributed by atoms with Gasteiger partial charge < -0.3 is 14.6 Å². The van der Waals surface area contributed by atoms with E-state index >= 15 is 0 Å². The molecule has 1 aromatic carbocycles. The molecule has 0 unspecified atom stereocenters. The van der Waals surface area contributed by atoms with Gasteiger partial charge in [0, 0.05) is 32.7 Å². The van der Waals surface area contributed by atoms with Crippen molar-refractivity contribution in [3.8, 4) is 0 Å². The number of benzene rings is 1. The minimum absolute atomic E-state index is 0.0300. The van der Waals surface area contributed by atoms with Gasteiger partial charge in [0.05, 0.1) is 23.9 Å². The number of carbonyl (C=O) groups is 2. The molecule has 1 aliphatic carbocycles. The van der Waals surface area contributed by atoms with E-state index in [4.69, 9.17) is 4.42 Å². The average Bonchev–Trinajstić information content (AvgIpc) is 3.49. The van der Waals surface area contributed by atoms with Gasteiger partial charge in [-0.3, -0.25) is 14.5 Å². The van der Waals surface area contributed by atoms with Crippen LogP contribution in [-0.2, 0) is 13.1 Å². The predicted octanol–water partition coefficient (Wildman–Crippen LogP) is 3.43. The van der Waals surface area contributed by atoms with E-state index in [0.29, 0.717) is 30.3 Å². The van der Waals surface area contributed by atoms with Crippen LogP contribution in [0.25, 0.3) is 0 Å². The molecule has 0 atom stereocenters. The summed E-state index contributed by atoms with van der Waals surface area (Å²) in [6.07, 6.45) is 7.70. The summed E-state index contributed by atoms with van der Waals surface area (Å²) in [5.41, 5.74) is 1.98. The summed E-state index contributed by atoms with van der Waals surface area (Å²) in [5.74, 6) is 0.761. The van der Waals surface area contributed by atoms with Crippen molar-refractivity contribution in [2.75, 3.05) is 20.1 Å². The van der Waals surface area contributed by atoms with Crippen molar-refractivity contribution in [2.45, 2.75) is 51.2 Å². The van der Waals surface area contributed by atoms with Crippen molar-refractivity contribution < 1.29 is 14.0 Å². The average molecular weight is 396 g/mol. The smallest absolute Gasteiger partial charge is 0.255 e. The lowest BCUT2D eigenvalue weighted by Gasteiger charge is -2.28. The van der Waals surface area contributed by atoms with Crippen LogP contribution in [0.5, 0.6) is 0 Å². The Morgan fingerprint density at radius 2 is 2.07 bits per heavy atom. The third kappa shape index (κ3) is 4.22.